The second-order valence-corrected chi connectivity index (χ2v) is 11.0. The highest BCUT2D eigenvalue weighted by Crippen LogP contribution is 2.31. The van der Waals surface area contributed by atoms with Crippen molar-refractivity contribution in [2.75, 3.05) is 18.4 Å². The van der Waals surface area contributed by atoms with Gasteiger partial charge in [-0.15, -0.1) is 0 Å². The van der Waals surface area contributed by atoms with Crippen LogP contribution in [0.3, 0.4) is 0 Å². The first-order chi connectivity index (χ1) is 16.6. The number of rotatable bonds is 5. The Hall–Kier alpha value is -2.97. The van der Waals surface area contributed by atoms with E-state index in [1.54, 1.807) is 12.4 Å². The van der Waals surface area contributed by atoms with E-state index in [1.807, 2.05) is 31.7 Å². The molecule has 0 aromatic carbocycles. The minimum atomic E-state index is -0.517. The average Bonchev–Trinajstić information content (AvgIpc) is 3.29. The Morgan fingerprint density at radius 1 is 1.06 bits per heavy atom. The first kappa shape index (κ1) is 25.1. The van der Waals surface area contributed by atoms with Crippen molar-refractivity contribution in [2.24, 2.45) is 11.8 Å². The Labute approximate surface area is 206 Å². The van der Waals surface area contributed by atoms with Gasteiger partial charge in [-0.3, -0.25) is 29.5 Å². The minimum Gasteiger partial charge on any atom is -0.460 e. The smallest absolute Gasteiger partial charge is 0.311 e. The van der Waals surface area contributed by atoms with Crippen LogP contribution in [0.1, 0.15) is 77.2 Å². The highest BCUT2D eigenvalue weighted by molar-refractivity contribution is 6.01. The summed E-state index contributed by atoms with van der Waals surface area (Å²) in [6.45, 7) is 6.63. The number of pyridine rings is 1. The van der Waals surface area contributed by atoms with Crippen LogP contribution in [0.2, 0.25) is 0 Å². The second kappa shape index (κ2) is 10.3. The van der Waals surface area contributed by atoms with Crippen molar-refractivity contribution >= 4 is 29.4 Å². The second-order valence-electron chi connectivity index (χ2n) is 11.0. The number of hydrogen-bond donors (Lipinski definition) is 2. The first-order valence-electron chi connectivity index (χ1n) is 12.7. The van der Waals surface area contributed by atoms with Crippen LogP contribution in [0, 0.1) is 11.8 Å². The molecule has 2 saturated heterocycles. The Balaban J connectivity index is 1.26. The van der Waals surface area contributed by atoms with E-state index in [1.165, 1.54) is 0 Å². The van der Waals surface area contributed by atoms with E-state index < -0.39 is 5.60 Å². The van der Waals surface area contributed by atoms with Crippen LogP contribution < -0.4 is 10.6 Å². The summed E-state index contributed by atoms with van der Waals surface area (Å²) in [5, 5.41) is 5.91. The van der Waals surface area contributed by atoms with Gasteiger partial charge in [0.1, 0.15) is 5.60 Å². The summed E-state index contributed by atoms with van der Waals surface area (Å²) in [5.74, 6) is -1.17. The van der Waals surface area contributed by atoms with Gasteiger partial charge in [0.15, 0.2) is 0 Å². The number of carbonyl (C=O) groups excluding carboxylic acids is 4. The third-order valence-electron chi connectivity index (χ3n) is 7.09. The van der Waals surface area contributed by atoms with Crippen molar-refractivity contribution in [2.45, 2.75) is 83.3 Å². The van der Waals surface area contributed by atoms with Crippen molar-refractivity contribution in [3.63, 3.8) is 0 Å². The maximum atomic E-state index is 13.1. The SMILES string of the molecule is CC(C)(C)OC(=O)[C@@H]1CCN(C(=O)C2CCC(Nc3cncc(C4CCC(=O)NC4=O)c3)CC2)C1. The molecule has 4 rings (SSSR count). The molecule has 1 unspecified atom stereocenters. The van der Waals surface area contributed by atoms with Crippen LogP contribution in [-0.4, -0.2) is 58.3 Å². The Kier molecular flexibility index (Phi) is 7.42. The Bertz CT molecular complexity index is 980. The van der Waals surface area contributed by atoms with Crippen molar-refractivity contribution < 1.29 is 23.9 Å². The molecule has 3 heterocycles. The molecule has 2 N–H and O–H groups in total. The fraction of sp³-hybridized carbons (Fsp3) is 0.654. The fourth-order valence-corrected chi connectivity index (χ4v) is 5.26. The van der Waals surface area contributed by atoms with Crippen LogP contribution in [0.15, 0.2) is 18.5 Å². The number of esters is 1. The Morgan fingerprint density at radius 3 is 2.49 bits per heavy atom. The van der Waals surface area contributed by atoms with Crippen molar-refractivity contribution in [1.82, 2.24) is 15.2 Å². The molecule has 3 amide bonds. The topological polar surface area (TPSA) is 118 Å². The molecule has 0 bridgehead atoms. The summed E-state index contributed by atoms with van der Waals surface area (Å²) in [6, 6.07) is 2.16. The van der Waals surface area contributed by atoms with Gasteiger partial charge in [-0.2, -0.15) is 0 Å². The van der Waals surface area contributed by atoms with Crippen molar-refractivity contribution in [3.8, 4) is 0 Å². The number of amides is 3. The van der Waals surface area contributed by atoms with Gasteiger partial charge in [0.25, 0.3) is 0 Å². The summed E-state index contributed by atoms with van der Waals surface area (Å²) in [4.78, 5) is 55.2. The van der Waals surface area contributed by atoms with Gasteiger partial charge >= 0.3 is 5.97 Å². The van der Waals surface area contributed by atoms with Gasteiger partial charge in [-0.1, -0.05) is 0 Å². The first-order valence-corrected chi connectivity index (χ1v) is 12.7. The zero-order valence-corrected chi connectivity index (χ0v) is 20.8. The predicted molar refractivity (Wildman–Crippen MR) is 129 cm³/mol. The van der Waals surface area contributed by atoms with Gasteiger partial charge < -0.3 is 15.0 Å². The lowest BCUT2D eigenvalue weighted by Gasteiger charge is -2.31. The molecule has 190 valence electrons. The van der Waals surface area contributed by atoms with E-state index in [0.717, 1.165) is 36.9 Å². The maximum Gasteiger partial charge on any atom is 0.311 e. The average molecular weight is 485 g/mol. The summed E-state index contributed by atoms with van der Waals surface area (Å²) >= 11 is 0. The Morgan fingerprint density at radius 2 is 1.80 bits per heavy atom. The molecule has 3 aliphatic rings. The van der Waals surface area contributed by atoms with Gasteiger partial charge in [0, 0.05) is 43.9 Å². The predicted octanol–water partition coefficient (Wildman–Crippen LogP) is 2.76. The molecule has 1 aromatic rings. The third kappa shape index (κ3) is 6.38. The van der Waals surface area contributed by atoms with Crippen LogP contribution >= 0.6 is 0 Å². The molecule has 9 nitrogen and oxygen atoms in total. The normalized spacial score (nSPS) is 27.3. The molecular formula is C26H36N4O5. The molecule has 0 spiro atoms. The lowest BCUT2D eigenvalue weighted by atomic mass is 9.85. The lowest BCUT2D eigenvalue weighted by Crippen LogP contribution is -2.39. The van der Waals surface area contributed by atoms with Gasteiger partial charge in [0.2, 0.25) is 17.7 Å². The summed E-state index contributed by atoms with van der Waals surface area (Å²) in [6.07, 6.45) is 8.23. The molecule has 1 saturated carbocycles. The van der Waals surface area contributed by atoms with Crippen molar-refractivity contribution in [1.29, 1.82) is 0 Å². The molecule has 0 radical (unpaired) electrons. The van der Waals surface area contributed by atoms with E-state index in [4.69, 9.17) is 4.74 Å². The van der Waals surface area contributed by atoms with Crippen LogP contribution in [0.25, 0.3) is 0 Å². The highest BCUT2D eigenvalue weighted by Gasteiger charge is 2.37. The van der Waals surface area contributed by atoms with Crippen molar-refractivity contribution in [3.05, 3.63) is 24.0 Å². The molecular weight excluding hydrogens is 448 g/mol. The van der Waals surface area contributed by atoms with E-state index in [2.05, 4.69) is 15.6 Å². The minimum absolute atomic E-state index is 0.0154. The molecule has 1 aromatic heterocycles. The zero-order chi connectivity index (χ0) is 25.2. The molecule has 3 fully saturated rings. The third-order valence-corrected chi connectivity index (χ3v) is 7.09. The van der Waals surface area contributed by atoms with Gasteiger partial charge in [-0.05, 0) is 70.9 Å². The number of hydrogen-bond acceptors (Lipinski definition) is 7. The van der Waals surface area contributed by atoms with Crippen LogP contribution in [0.5, 0.6) is 0 Å². The summed E-state index contributed by atoms with van der Waals surface area (Å²) in [5.41, 5.74) is 1.13. The number of carbonyl (C=O) groups is 4. The number of anilines is 1. The van der Waals surface area contributed by atoms with E-state index in [-0.39, 0.29) is 47.5 Å². The maximum absolute atomic E-state index is 13.1. The lowest BCUT2D eigenvalue weighted by molar-refractivity contribution is -0.159. The number of piperidine rings is 1. The van der Waals surface area contributed by atoms with Crippen LogP contribution in [0.4, 0.5) is 5.69 Å². The largest absolute Gasteiger partial charge is 0.460 e. The molecule has 2 aliphatic heterocycles. The number of nitrogens with one attached hydrogen (secondary N) is 2. The number of aromatic nitrogens is 1. The molecule has 2 atom stereocenters. The fourth-order valence-electron chi connectivity index (χ4n) is 5.26. The highest BCUT2D eigenvalue weighted by atomic mass is 16.6. The number of nitrogens with zero attached hydrogens (tertiary/aromatic N) is 2. The molecule has 9 heteroatoms. The van der Waals surface area contributed by atoms with Crippen LogP contribution in [-0.2, 0) is 23.9 Å². The zero-order valence-electron chi connectivity index (χ0n) is 20.8. The van der Waals surface area contributed by atoms with E-state index in [9.17, 15) is 19.2 Å². The number of imide groups is 1. The summed E-state index contributed by atoms with van der Waals surface area (Å²) in [7, 11) is 0. The quantitative estimate of drug-likeness (QED) is 0.487. The monoisotopic (exact) mass is 484 g/mol. The standard InChI is InChI=1S/C26H36N4O5/c1-26(2,3)35-25(34)17-10-11-30(15-17)24(33)16-4-6-19(7-5-16)28-20-12-18(13-27-14-20)21-8-9-22(31)29-23(21)32/h12-14,16-17,19,21,28H,4-11,15H2,1-3H3,(H,29,31,32)/t16?,17-,19?,21?/m1/s1. The molecule has 1 aliphatic carbocycles. The van der Waals surface area contributed by atoms with E-state index >= 15 is 0 Å². The number of ether oxygens (including phenoxy) is 1. The summed E-state index contributed by atoms with van der Waals surface area (Å²) < 4.78 is 5.50. The van der Waals surface area contributed by atoms with Gasteiger partial charge in [-0.25, -0.2) is 0 Å². The number of likely N-dealkylation sites (tertiary alicyclic amines) is 1. The molecule has 35 heavy (non-hydrogen) atoms. The van der Waals surface area contributed by atoms with Gasteiger partial charge in [0.05, 0.1) is 17.5 Å². The van der Waals surface area contributed by atoms with E-state index in [0.29, 0.717) is 32.4 Å².